The predicted molar refractivity (Wildman–Crippen MR) is 74.4 cm³/mol. The van der Waals surface area contributed by atoms with Crippen LogP contribution in [-0.2, 0) is 6.18 Å². The fourth-order valence-corrected chi connectivity index (χ4v) is 3.08. The Balaban J connectivity index is 2.33. The van der Waals surface area contributed by atoms with Crippen LogP contribution in [0.2, 0.25) is 0 Å². The molecule has 0 spiro atoms. The molecule has 0 bridgehead atoms. The summed E-state index contributed by atoms with van der Waals surface area (Å²) in [5.41, 5.74) is 3.87. The minimum absolute atomic E-state index is 0.297. The maximum absolute atomic E-state index is 12.5. The Morgan fingerprint density at radius 2 is 1.75 bits per heavy atom. The molecule has 2 rings (SSSR count). The highest BCUT2D eigenvalue weighted by atomic mass is 32.1. The number of halogens is 3. The number of nitrogens with one attached hydrogen (secondary N) is 1. The quantitative estimate of drug-likeness (QED) is 0.665. The van der Waals surface area contributed by atoms with Crippen molar-refractivity contribution in [2.45, 2.75) is 26.1 Å². The molecule has 0 amide bonds. The Hall–Kier alpha value is -1.37. The SMILES string of the molecule is Cc1cc(C(NN)c2ccc(C(F)(F)F)cc2)sc1C. The molecule has 0 aliphatic carbocycles. The van der Waals surface area contributed by atoms with E-state index in [1.807, 2.05) is 19.9 Å². The van der Waals surface area contributed by atoms with Gasteiger partial charge in [0.2, 0.25) is 0 Å². The van der Waals surface area contributed by atoms with E-state index < -0.39 is 11.7 Å². The van der Waals surface area contributed by atoms with Crippen molar-refractivity contribution in [1.29, 1.82) is 0 Å². The zero-order valence-corrected chi connectivity index (χ0v) is 11.9. The van der Waals surface area contributed by atoms with E-state index in [4.69, 9.17) is 5.84 Å². The van der Waals surface area contributed by atoms with Gasteiger partial charge in [-0.2, -0.15) is 13.2 Å². The van der Waals surface area contributed by atoms with Gasteiger partial charge in [-0.15, -0.1) is 11.3 Å². The van der Waals surface area contributed by atoms with Crippen molar-refractivity contribution in [3.63, 3.8) is 0 Å². The van der Waals surface area contributed by atoms with Crippen LogP contribution in [0.5, 0.6) is 0 Å². The van der Waals surface area contributed by atoms with Gasteiger partial charge < -0.3 is 0 Å². The normalized spacial score (nSPS) is 13.5. The lowest BCUT2D eigenvalue weighted by Crippen LogP contribution is -2.28. The van der Waals surface area contributed by atoms with Crippen molar-refractivity contribution in [3.05, 3.63) is 56.8 Å². The van der Waals surface area contributed by atoms with E-state index in [0.717, 1.165) is 22.6 Å². The third-order valence-electron chi connectivity index (χ3n) is 3.21. The molecule has 2 nitrogen and oxygen atoms in total. The van der Waals surface area contributed by atoms with E-state index >= 15 is 0 Å². The average molecular weight is 300 g/mol. The van der Waals surface area contributed by atoms with Gasteiger partial charge in [-0.3, -0.25) is 5.84 Å². The first-order valence-corrected chi connectivity index (χ1v) is 6.85. The van der Waals surface area contributed by atoms with Gasteiger partial charge >= 0.3 is 6.18 Å². The van der Waals surface area contributed by atoms with Crippen molar-refractivity contribution >= 4 is 11.3 Å². The molecule has 1 aromatic heterocycles. The number of benzene rings is 1. The van der Waals surface area contributed by atoms with E-state index in [1.54, 1.807) is 11.3 Å². The lowest BCUT2D eigenvalue weighted by atomic mass is 10.0. The first kappa shape index (κ1) is 15.0. The molecule has 2 aromatic rings. The summed E-state index contributed by atoms with van der Waals surface area (Å²) in [6.45, 7) is 4.00. The van der Waals surface area contributed by atoms with Gasteiger partial charge in [0.25, 0.3) is 0 Å². The van der Waals surface area contributed by atoms with Crippen LogP contribution in [0.4, 0.5) is 13.2 Å². The van der Waals surface area contributed by atoms with Crippen LogP contribution in [0.25, 0.3) is 0 Å². The molecule has 0 saturated heterocycles. The van der Waals surface area contributed by atoms with E-state index in [2.05, 4.69) is 5.43 Å². The molecule has 20 heavy (non-hydrogen) atoms. The first-order valence-electron chi connectivity index (χ1n) is 6.03. The fraction of sp³-hybridized carbons (Fsp3) is 0.286. The Bertz CT molecular complexity index is 568. The molecule has 3 N–H and O–H groups in total. The zero-order chi connectivity index (χ0) is 14.9. The highest BCUT2D eigenvalue weighted by molar-refractivity contribution is 7.12. The number of aryl methyl sites for hydroxylation is 2. The van der Waals surface area contributed by atoms with E-state index in [9.17, 15) is 13.2 Å². The topological polar surface area (TPSA) is 38.0 Å². The number of thiophene rings is 1. The second kappa shape index (κ2) is 5.55. The highest BCUT2D eigenvalue weighted by Crippen LogP contribution is 2.33. The maximum Gasteiger partial charge on any atom is 0.416 e. The standard InChI is InChI=1S/C14H15F3N2S/c1-8-7-12(20-9(8)2)13(19-18)10-3-5-11(6-4-10)14(15,16)17/h3-7,13,19H,18H2,1-2H3. The lowest BCUT2D eigenvalue weighted by Gasteiger charge is -2.15. The van der Waals surface area contributed by atoms with Gasteiger partial charge in [-0.25, -0.2) is 5.43 Å². The third-order valence-corrected chi connectivity index (χ3v) is 4.42. The molecular weight excluding hydrogens is 285 g/mol. The molecule has 1 heterocycles. The minimum Gasteiger partial charge on any atom is -0.271 e. The number of hydrogen-bond donors (Lipinski definition) is 2. The van der Waals surface area contributed by atoms with Gasteiger partial charge in [0.15, 0.2) is 0 Å². The molecule has 0 aliphatic rings. The van der Waals surface area contributed by atoms with Crippen molar-refractivity contribution in [2.75, 3.05) is 0 Å². The lowest BCUT2D eigenvalue weighted by molar-refractivity contribution is -0.137. The molecular formula is C14H15F3N2S. The van der Waals surface area contributed by atoms with E-state index in [1.165, 1.54) is 17.0 Å². The molecule has 0 saturated carbocycles. The van der Waals surface area contributed by atoms with Crippen LogP contribution in [0.1, 0.15) is 32.5 Å². The van der Waals surface area contributed by atoms with Crippen LogP contribution in [0, 0.1) is 13.8 Å². The minimum atomic E-state index is -4.32. The monoisotopic (exact) mass is 300 g/mol. The van der Waals surface area contributed by atoms with Gasteiger partial charge in [-0.1, -0.05) is 12.1 Å². The van der Waals surface area contributed by atoms with Crippen molar-refractivity contribution < 1.29 is 13.2 Å². The summed E-state index contributed by atoms with van der Waals surface area (Å²) >= 11 is 1.59. The number of hydrazine groups is 1. The molecule has 0 aliphatic heterocycles. The van der Waals surface area contributed by atoms with Gasteiger partial charge in [-0.05, 0) is 43.2 Å². The van der Waals surface area contributed by atoms with E-state index in [0.29, 0.717) is 5.56 Å². The molecule has 0 fully saturated rings. The highest BCUT2D eigenvalue weighted by Gasteiger charge is 2.30. The Morgan fingerprint density at radius 3 is 2.15 bits per heavy atom. The van der Waals surface area contributed by atoms with Crippen LogP contribution in [0.15, 0.2) is 30.3 Å². The number of rotatable bonds is 3. The Morgan fingerprint density at radius 1 is 1.15 bits per heavy atom. The largest absolute Gasteiger partial charge is 0.416 e. The van der Waals surface area contributed by atoms with Crippen LogP contribution in [-0.4, -0.2) is 0 Å². The third kappa shape index (κ3) is 3.03. The Labute approximate surface area is 119 Å². The molecule has 108 valence electrons. The Kier molecular flexibility index (Phi) is 4.17. The molecule has 1 unspecified atom stereocenters. The summed E-state index contributed by atoms with van der Waals surface area (Å²) in [4.78, 5) is 2.16. The van der Waals surface area contributed by atoms with Gasteiger partial charge in [0, 0.05) is 9.75 Å². The summed E-state index contributed by atoms with van der Waals surface area (Å²) in [7, 11) is 0. The predicted octanol–water partition coefficient (Wildman–Crippen LogP) is 3.94. The fourth-order valence-electron chi connectivity index (χ4n) is 1.95. The van der Waals surface area contributed by atoms with E-state index in [-0.39, 0.29) is 6.04 Å². The van der Waals surface area contributed by atoms with Crippen LogP contribution < -0.4 is 11.3 Å². The molecule has 1 aromatic carbocycles. The molecule has 0 radical (unpaired) electrons. The summed E-state index contributed by atoms with van der Waals surface area (Å²) in [5.74, 6) is 5.55. The summed E-state index contributed by atoms with van der Waals surface area (Å²) in [6.07, 6.45) is -4.32. The second-order valence-electron chi connectivity index (χ2n) is 4.61. The summed E-state index contributed by atoms with van der Waals surface area (Å²) in [5, 5.41) is 0. The van der Waals surface area contributed by atoms with Gasteiger partial charge in [0.1, 0.15) is 0 Å². The average Bonchev–Trinajstić information content (AvgIpc) is 2.70. The molecule has 1 atom stereocenters. The maximum atomic E-state index is 12.5. The van der Waals surface area contributed by atoms with Crippen LogP contribution >= 0.6 is 11.3 Å². The smallest absolute Gasteiger partial charge is 0.271 e. The summed E-state index contributed by atoms with van der Waals surface area (Å²) in [6, 6.07) is 6.77. The van der Waals surface area contributed by atoms with Gasteiger partial charge in [0.05, 0.1) is 11.6 Å². The van der Waals surface area contributed by atoms with Crippen LogP contribution in [0.3, 0.4) is 0 Å². The number of alkyl halides is 3. The van der Waals surface area contributed by atoms with Crippen molar-refractivity contribution in [3.8, 4) is 0 Å². The molecule has 6 heteroatoms. The van der Waals surface area contributed by atoms with Crippen molar-refractivity contribution in [2.24, 2.45) is 5.84 Å². The second-order valence-corrected chi connectivity index (χ2v) is 5.90. The van der Waals surface area contributed by atoms with Crippen molar-refractivity contribution in [1.82, 2.24) is 5.43 Å². The zero-order valence-electron chi connectivity index (χ0n) is 11.1. The summed E-state index contributed by atoms with van der Waals surface area (Å²) < 4.78 is 37.6. The first-order chi connectivity index (χ1) is 9.32. The number of hydrogen-bond acceptors (Lipinski definition) is 3. The number of nitrogens with two attached hydrogens (primary N) is 1.